The third-order valence-electron chi connectivity index (χ3n) is 5.70. The molecule has 3 heterocycles. The number of rotatable bonds is 7. The Morgan fingerprint density at radius 1 is 1.21 bits per heavy atom. The van der Waals surface area contributed by atoms with Crippen molar-refractivity contribution in [2.45, 2.75) is 53.1 Å². The topological polar surface area (TPSA) is 96.1 Å². The van der Waals surface area contributed by atoms with E-state index in [1.54, 1.807) is 19.2 Å². The summed E-state index contributed by atoms with van der Waals surface area (Å²) in [6.45, 7) is 7.99. The third kappa shape index (κ3) is 4.08. The Kier molecular flexibility index (Phi) is 6.42. The lowest BCUT2D eigenvalue weighted by Gasteiger charge is -2.20. The Balaban J connectivity index is 1.97. The first kappa shape index (κ1) is 22.8. The number of aryl methyl sites for hydroxylation is 2. The van der Waals surface area contributed by atoms with E-state index in [9.17, 15) is 14.4 Å². The van der Waals surface area contributed by atoms with Crippen molar-refractivity contribution < 1.29 is 9.53 Å². The molecule has 0 saturated carbocycles. The Bertz CT molecular complexity index is 1470. The van der Waals surface area contributed by atoms with E-state index in [2.05, 4.69) is 21.5 Å². The van der Waals surface area contributed by atoms with Gasteiger partial charge in [-0.05, 0) is 62.0 Å². The molecule has 0 N–H and O–H groups in total. The molecule has 8 nitrogen and oxygen atoms in total. The van der Waals surface area contributed by atoms with E-state index in [1.807, 2.05) is 20.8 Å². The molecule has 0 bridgehead atoms. The van der Waals surface area contributed by atoms with Crippen molar-refractivity contribution in [3.63, 3.8) is 0 Å². The van der Waals surface area contributed by atoms with Gasteiger partial charge in [0.2, 0.25) is 0 Å². The number of aromatic nitrogens is 4. The minimum Gasteiger partial charge on any atom is -0.464 e. The highest BCUT2D eigenvalue weighted by molar-refractivity contribution is 7.13. The van der Waals surface area contributed by atoms with Gasteiger partial charge in [-0.2, -0.15) is 4.37 Å². The van der Waals surface area contributed by atoms with Crippen LogP contribution in [0.2, 0.25) is 0 Å². The van der Waals surface area contributed by atoms with Crippen LogP contribution >= 0.6 is 11.5 Å². The zero-order valence-corrected chi connectivity index (χ0v) is 19.9. The van der Waals surface area contributed by atoms with Crippen molar-refractivity contribution in [1.82, 2.24) is 18.5 Å². The maximum Gasteiger partial charge on any atom is 0.332 e. The van der Waals surface area contributed by atoms with Crippen molar-refractivity contribution in [2.24, 2.45) is 0 Å². The largest absolute Gasteiger partial charge is 0.464 e. The molecule has 0 saturated heterocycles. The van der Waals surface area contributed by atoms with Crippen molar-refractivity contribution in [3.05, 3.63) is 68.3 Å². The van der Waals surface area contributed by atoms with E-state index in [4.69, 9.17) is 4.74 Å². The van der Waals surface area contributed by atoms with E-state index in [-0.39, 0.29) is 18.5 Å². The summed E-state index contributed by atoms with van der Waals surface area (Å²) in [5.41, 5.74) is 2.34. The molecular formula is C24H26N4O4S. The van der Waals surface area contributed by atoms with E-state index < -0.39 is 23.3 Å². The van der Waals surface area contributed by atoms with Crippen LogP contribution in [0, 0.1) is 13.8 Å². The molecule has 9 heteroatoms. The van der Waals surface area contributed by atoms with E-state index >= 15 is 0 Å². The van der Waals surface area contributed by atoms with Crippen molar-refractivity contribution >= 4 is 38.5 Å². The fourth-order valence-electron chi connectivity index (χ4n) is 4.31. The standard InChI is InChI=1S/C24H26N4O4S/c1-5-7-19(23(30)32-6-2)28-22(29)16-12-25-9-8-18(16)27(24(28)31)13-17-21-15(4)10-14(3)11-20(21)33-26-17/h8-12,19H,5-7,13H2,1-4H3. The van der Waals surface area contributed by atoms with E-state index in [0.717, 1.165) is 31.5 Å². The molecule has 0 radical (unpaired) electrons. The van der Waals surface area contributed by atoms with Gasteiger partial charge in [0, 0.05) is 17.8 Å². The van der Waals surface area contributed by atoms with Crippen molar-refractivity contribution in [1.29, 1.82) is 0 Å². The molecule has 0 aliphatic carbocycles. The van der Waals surface area contributed by atoms with Crippen molar-refractivity contribution in [2.75, 3.05) is 6.61 Å². The van der Waals surface area contributed by atoms with Crippen LogP contribution in [0.3, 0.4) is 0 Å². The van der Waals surface area contributed by atoms with Crippen LogP contribution in [0.25, 0.3) is 21.0 Å². The lowest BCUT2D eigenvalue weighted by atomic mass is 10.1. The maximum absolute atomic E-state index is 13.7. The number of hydrogen-bond donors (Lipinski definition) is 0. The second-order valence-electron chi connectivity index (χ2n) is 8.08. The second kappa shape index (κ2) is 9.27. The third-order valence-corrected chi connectivity index (χ3v) is 6.53. The molecule has 33 heavy (non-hydrogen) atoms. The van der Waals surface area contributed by atoms with Crippen LogP contribution in [-0.2, 0) is 16.1 Å². The number of carbonyl (C=O) groups is 1. The van der Waals surface area contributed by atoms with Gasteiger partial charge < -0.3 is 4.74 Å². The molecular weight excluding hydrogens is 440 g/mol. The highest BCUT2D eigenvalue weighted by atomic mass is 32.1. The van der Waals surface area contributed by atoms with Gasteiger partial charge in [-0.15, -0.1) is 0 Å². The summed E-state index contributed by atoms with van der Waals surface area (Å²) in [6, 6.07) is 4.81. The average molecular weight is 467 g/mol. The smallest absolute Gasteiger partial charge is 0.332 e. The van der Waals surface area contributed by atoms with Crippen LogP contribution in [0.15, 0.2) is 40.2 Å². The van der Waals surface area contributed by atoms with Gasteiger partial charge >= 0.3 is 11.7 Å². The van der Waals surface area contributed by atoms with Gasteiger partial charge in [0.15, 0.2) is 0 Å². The monoisotopic (exact) mass is 466 g/mol. The van der Waals surface area contributed by atoms with Crippen LogP contribution in [0.4, 0.5) is 0 Å². The fourth-order valence-corrected chi connectivity index (χ4v) is 5.27. The van der Waals surface area contributed by atoms with Gasteiger partial charge in [0.1, 0.15) is 6.04 Å². The fraction of sp³-hybridized carbons (Fsp3) is 0.375. The highest BCUT2D eigenvalue weighted by Gasteiger charge is 2.27. The number of ether oxygens (including phenoxy) is 1. The van der Waals surface area contributed by atoms with Gasteiger partial charge in [0.25, 0.3) is 5.56 Å². The highest BCUT2D eigenvalue weighted by Crippen LogP contribution is 2.28. The maximum atomic E-state index is 13.7. The van der Waals surface area contributed by atoms with Crippen LogP contribution in [0.1, 0.15) is 49.6 Å². The predicted octanol–water partition coefficient (Wildman–Crippen LogP) is 3.74. The van der Waals surface area contributed by atoms with Gasteiger partial charge in [-0.3, -0.25) is 14.3 Å². The average Bonchev–Trinajstić information content (AvgIpc) is 3.19. The van der Waals surface area contributed by atoms with Gasteiger partial charge in [-0.1, -0.05) is 19.4 Å². The van der Waals surface area contributed by atoms with Crippen LogP contribution in [-0.4, -0.2) is 31.1 Å². The molecule has 1 aromatic carbocycles. The molecule has 0 aliphatic rings. The number of benzene rings is 1. The number of nitrogens with zero attached hydrogens (tertiary/aromatic N) is 4. The first-order valence-electron chi connectivity index (χ1n) is 11.0. The summed E-state index contributed by atoms with van der Waals surface area (Å²) in [4.78, 5) is 43.8. The molecule has 0 amide bonds. The second-order valence-corrected chi connectivity index (χ2v) is 8.88. The molecule has 1 unspecified atom stereocenters. The molecule has 0 spiro atoms. The zero-order chi connectivity index (χ0) is 23.7. The number of hydrogen-bond acceptors (Lipinski definition) is 7. The SMILES string of the molecule is CCCC(C(=O)OCC)n1c(=O)c2cnccc2n(Cc2nsc3cc(C)cc(C)c23)c1=O. The lowest BCUT2D eigenvalue weighted by molar-refractivity contribution is -0.147. The molecule has 3 aromatic heterocycles. The lowest BCUT2D eigenvalue weighted by Crippen LogP contribution is -2.45. The van der Waals surface area contributed by atoms with Crippen LogP contribution < -0.4 is 11.2 Å². The first-order chi connectivity index (χ1) is 15.9. The Hall–Kier alpha value is -3.33. The quantitative estimate of drug-likeness (QED) is 0.385. The molecule has 172 valence electrons. The van der Waals surface area contributed by atoms with Gasteiger partial charge in [0.05, 0.1) is 34.4 Å². The number of carbonyl (C=O) groups excluding carboxylic acids is 1. The van der Waals surface area contributed by atoms with Crippen LogP contribution in [0.5, 0.6) is 0 Å². The zero-order valence-electron chi connectivity index (χ0n) is 19.1. The Labute approximate surface area is 194 Å². The number of fused-ring (bicyclic) bond motifs is 2. The minimum atomic E-state index is -0.998. The number of pyridine rings is 1. The predicted molar refractivity (Wildman–Crippen MR) is 129 cm³/mol. The molecule has 4 aromatic rings. The number of esters is 1. The molecule has 1 atom stereocenters. The summed E-state index contributed by atoms with van der Waals surface area (Å²) in [6.07, 6.45) is 3.91. The van der Waals surface area contributed by atoms with Crippen molar-refractivity contribution in [3.8, 4) is 0 Å². The van der Waals surface area contributed by atoms with E-state index in [1.165, 1.54) is 22.3 Å². The Morgan fingerprint density at radius 3 is 2.73 bits per heavy atom. The van der Waals surface area contributed by atoms with E-state index in [0.29, 0.717) is 18.4 Å². The normalized spacial score (nSPS) is 12.4. The summed E-state index contributed by atoms with van der Waals surface area (Å²) >= 11 is 1.39. The molecule has 0 aliphatic heterocycles. The molecule has 0 fully saturated rings. The molecule has 4 rings (SSSR count). The minimum absolute atomic E-state index is 0.167. The summed E-state index contributed by atoms with van der Waals surface area (Å²) in [5.74, 6) is -0.584. The first-order valence-corrected chi connectivity index (χ1v) is 11.8. The van der Waals surface area contributed by atoms with Gasteiger partial charge in [-0.25, -0.2) is 14.2 Å². The summed E-state index contributed by atoms with van der Waals surface area (Å²) < 4.78 is 13.4. The summed E-state index contributed by atoms with van der Waals surface area (Å²) in [7, 11) is 0. The summed E-state index contributed by atoms with van der Waals surface area (Å²) in [5, 5.41) is 1.28. The Morgan fingerprint density at radius 2 is 2.00 bits per heavy atom.